The highest BCUT2D eigenvalue weighted by Crippen LogP contribution is 2.54. The molecule has 2 atom stereocenters. The van der Waals surface area contributed by atoms with Gasteiger partial charge in [0.2, 0.25) is 0 Å². The van der Waals surface area contributed by atoms with Crippen LogP contribution in [-0.4, -0.2) is 11.7 Å². The van der Waals surface area contributed by atoms with Crippen molar-refractivity contribution in [2.24, 2.45) is 11.3 Å². The van der Waals surface area contributed by atoms with Gasteiger partial charge in [-0.15, -0.1) is 0 Å². The molecule has 0 heterocycles. The Hall–Kier alpha value is -0.300. The summed E-state index contributed by atoms with van der Waals surface area (Å²) >= 11 is 0. The normalized spacial score (nSPS) is 38.6. The van der Waals surface area contributed by atoms with E-state index in [1.54, 1.807) is 5.57 Å². The van der Waals surface area contributed by atoms with Crippen LogP contribution in [0.2, 0.25) is 0 Å². The van der Waals surface area contributed by atoms with Gasteiger partial charge in [0.1, 0.15) is 0 Å². The van der Waals surface area contributed by atoms with Gasteiger partial charge in [0, 0.05) is 6.61 Å². The van der Waals surface area contributed by atoms with E-state index in [9.17, 15) is 0 Å². The SMILES string of the molecule is CC1CCC=C2CCCC21CCO. The van der Waals surface area contributed by atoms with Gasteiger partial charge in [0.15, 0.2) is 0 Å². The Morgan fingerprint density at radius 1 is 1.62 bits per heavy atom. The summed E-state index contributed by atoms with van der Waals surface area (Å²) in [7, 11) is 0. The maximum absolute atomic E-state index is 9.15. The molecule has 0 spiro atoms. The van der Waals surface area contributed by atoms with Gasteiger partial charge in [-0.1, -0.05) is 18.6 Å². The highest BCUT2D eigenvalue weighted by Gasteiger charge is 2.43. The third-order valence-electron chi connectivity index (χ3n) is 4.20. The lowest BCUT2D eigenvalue weighted by Crippen LogP contribution is -2.31. The van der Waals surface area contributed by atoms with Crippen LogP contribution in [0.5, 0.6) is 0 Å². The summed E-state index contributed by atoms with van der Waals surface area (Å²) in [5, 5.41) is 9.15. The van der Waals surface area contributed by atoms with Crippen molar-refractivity contribution >= 4 is 0 Å². The number of fused-ring (bicyclic) bond motifs is 1. The first-order chi connectivity index (χ1) is 6.29. The monoisotopic (exact) mass is 180 g/mol. The smallest absolute Gasteiger partial charge is 0.0439 e. The fourth-order valence-electron chi connectivity index (χ4n) is 3.39. The number of hydrogen-bond acceptors (Lipinski definition) is 1. The molecular formula is C12H20O. The van der Waals surface area contributed by atoms with Gasteiger partial charge in [0.05, 0.1) is 0 Å². The van der Waals surface area contributed by atoms with Crippen molar-refractivity contribution in [1.82, 2.24) is 0 Å². The average molecular weight is 180 g/mol. The molecule has 2 aliphatic carbocycles. The lowest BCUT2D eigenvalue weighted by atomic mass is 9.65. The van der Waals surface area contributed by atoms with E-state index in [1.807, 2.05) is 0 Å². The number of aliphatic hydroxyl groups is 1. The summed E-state index contributed by atoms with van der Waals surface area (Å²) in [4.78, 5) is 0. The van der Waals surface area contributed by atoms with Gasteiger partial charge in [-0.05, 0) is 49.9 Å². The predicted octanol–water partition coefficient (Wildman–Crippen LogP) is 2.90. The van der Waals surface area contributed by atoms with Crippen molar-refractivity contribution in [2.45, 2.75) is 45.4 Å². The maximum Gasteiger partial charge on any atom is 0.0439 e. The molecule has 0 bridgehead atoms. The van der Waals surface area contributed by atoms with E-state index in [4.69, 9.17) is 5.11 Å². The van der Waals surface area contributed by atoms with Crippen molar-refractivity contribution < 1.29 is 5.11 Å². The van der Waals surface area contributed by atoms with Crippen LogP contribution in [0.3, 0.4) is 0 Å². The van der Waals surface area contributed by atoms with Crippen LogP contribution in [-0.2, 0) is 0 Å². The Labute approximate surface area is 80.8 Å². The van der Waals surface area contributed by atoms with Gasteiger partial charge >= 0.3 is 0 Å². The van der Waals surface area contributed by atoms with E-state index in [1.165, 1.54) is 32.1 Å². The third kappa shape index (κ3) is 1.34. The largest absolute Gasteiger partial charge is 0.396 e. The number of allylic oxidation sites excluding steroid dienone is 2. The molecule has 0 amide bonds. The number of rotatable bonds is 2. The average Bonchev–Trinajstić information content (AvgIpc) is 2.51. The lowest BCUT2D eigenvalue weighted by molar-refractivity contribution is 0.145. The first-order valence-corrected chi connectivity index (χ1v) is 5.60. The van der Waals surface area contributed by atoms with Crippen LogP contribution in [0.15, 0.2) is 11.6 Å². The Morgan fingerprint density at radius 3 is 3.23 bits per heavy atom. The summed E-state index contributed by atoms with van der Waals surface area (Å²) < 4.78 is 0. The fourth-order valence-corrected chi connectivity index (χ4v) is 3.39. The second kappa shape index (κ2) is 3.45. The minimum Gasteiger partial charge on any atom is -0.396 e. The molecule has 2 unspecified atom stereocenters. The molecule has 2 aliphatic rings. The van der Waals surface area contributed by atoms with E-state index in [0.29, 0.717) is 12.0 Å². The van der Waals surface area contributed by atoms with Crippen molar-refractivity contribution in [3.8, 4) is 0 Å². The highest BCUT2D eigenvalue weighted by atomic mass is 16.3. The van der Waals surface area contributed by atoms with E-state index in [2.05, 4.69) is 13.0 Å². The molecule has 74 valence electrons. The molecule has 0 aromatic heterocycles. The zero-order chi connectivity index (χ0) is 9.31. The molecule has 1 fully saturated rings. The third-order valence-corrected chi connectivity index (χ3v) is 4.20. The molecule has 1 heteroatoms. The number of aliphatic hydroxyl groups excluding tert-OH is 1. The molecule has 0 aromatic rings. The molecule has 13 heavy (non-hydrogen) atoms. The van der Waals surface area contributed by atoms with Gasteiger partial charge < -0.3 is 5.11 Å². The first kappa shape index (κ1) is 9.26. The maximum atomic E-state index is 9.15. The van der Waals surface area contributed by atoms with E-state index >= 15 is 0 Å². The second-order valence-corrected chi connectivity index (χ2v) is 4.69. The minimum atomic E-state index is 0.363. The van der Waals surface area contributed by atoms with Gasteiger partial charge in [-0.3, -0.25) is 0 Å². The molecule has 0 aromatic carbocycles. The van der Waals surface area contributed by atoms with Gasteiger partial charge in [-0.2, -0.15) is 0 Å². The molecule has 0 radical (unpaired) electrons. The second-order valence-electron chi connectivity index (χ2n) is 4.69. The molecule has 0 aliphatic heterocycles. The highest BCUT2D eigenvalue weighted by molar-refractivity contribution is 5.23. The Morgan fingerprint density at radius 2 is 2.46 bits per heavy atom. The van der Waals surface area contributed by atoms with Crippen LogP contribution in [0, 0.1) is 11.3 Å². The topological polar surface area (TPSA) is 20.2 Å². The van der Waals surface area contributed by atoms with E-state index in [-0.39, 0.29) is 0 Å². The number of hydrogen-bond donors (Lipinski definition) is 1. The van der Waals surface area contributed by atoms with Crippen LogP contribution in [0.1, 0.15) is 45.4 Å². The Balaban J connectivity index is 2.27. The molecule has 1 nitrogen and oxygen atoms in total. The molecule has 0 saturated heterocycles. The zero-order valence-electron chi connectivity index (χ0n) is 8.55. The Bertz CT molecular complexity index is 219. The standard InChI is InChI=1S/C12H20O/c1-10-4-2-5-11-6-3-7-12(10,11)8-9-13/h5,10,13H,2-4,6-9H2,1H3. The first-order valence-electron chi connectivity index (χ1n) is 5.60. The molecule has 2 rings (SSSR count). The summed E-state index contributed by atoms with van der Waals surface area (Å²) in [6.45, 7) is 2.73. The summed E-state index contributed by atoms with van der Waals surface area (Å²) in [5.41, 5.74) is 2.08. The predicted molar refractivity (Wildman–Crippen MR) is 54.5 cm³/mol. The fraction of sp³-hybridized carbons (Fsp3) is 0.833. The summed E-state index contributed by atoms with van der Waals surface area (Å²) in [5.74, 6) is 0.794. The molecular weight excluding hydrogens is 160 g/mol. The van der Waals surface area contributed by atoms with Crippen molar-refractivity contribution in [1.29, 1.82) is 0 Å². The van der Waals surface area contributed by atoms with Crippen LogP contribution >= 0.6 is 0 Å². The quantitative estimate of drug-likeness (QED) is 0.648. The van der Waals surface area contributed by atoms with Crippen LogP contribution in [0.4, 0.5) is 0 Å². The van der Waals surface area contributed by atoms with Crippen LogP contribution in [0.25, 0.3) is 0 Å². The van der Waals surface area contributed by atoms with E-state index < -0.39 is 0 Å². The summed E-state index contributed by atoms with van der Waals surface area (Å²) in [6, 6.07) is 0. The lowest BCUT2D eigenvalue weighted by Gasteiger charge is -2.40. The Kier molecular flexibility index (Phi) is 2.46. The van der Waals surface area contributed by atoms with Gasteiger partial charge in [-0.25, -0.2) is 0 Å². The van der Waals surface area contributed by atoms with E-state index in [0.717, 1.165) is 12.3 Å². The van der Waals surface area contributed by atoms with Crippen molar-refractivity contribution in [2.75, 3.05) is 6.61 Å². The molecule has 1 N–H and O–H groups in total. The van der Waals surface area contributed by atoms with Crippen LogP contribution < -0.4 is 0 Å². The van der Waals surface area contributed by atoms with Crippen molar-refractivity contribution in [3.63, 3.8) is 0 Å². The van der Waals surface area contributed by atoms with Gasteiger partial charge in [0.25, 0.3) is 0 Å². The van der Waals surface area contributed by atoms with Crippen molar-refractivity contribution in [3.05, 3.63) is 11.6 Å². The molecule has 1 saturated carbocycles. The summed E-state index contributed by atoms with van der Waals surface area (Å²) in [6.07, 6.45) is 10.00. The zero-order valence-corrected chi connectivity index (χ0v) is 8.55. The minimum absolute atomic E-state index is 0.363.